The van der Waals surface area contributed by atoms with E-state index in [1.54, 1.807) is 28.8 Å². The number of hydrogen-bond acceptors (Lipinski definition) is 3. The Morgan fingerprint density at radius 2 is 1.89 bits per heavy atom. The normalized spacial score (nSPS) is 11.1. The molecule has 3 aromatic rings. The van der Waals surface area contributed by atoms with Crippen molar-refractivity contribution in [1.82, 2.24) is 9.72 Å². The van der Waals surface area contributed by atoms with Crippen LogP contribution in [-0.2, 0) is 9.53 Å². The number of carbonyl (C=O) groups is 2. The average molecular weight is 382 g/mol. The lowest BCUT2D eigenvalue weighted by Gasteiger charge is -2.09. The maximum absolute atomic E-state index is 13.3. The van der Waals surface area contributed by atoms with Crippen LogP contribution in [0.5, 0.6) is 0 Å². The van der Waals surface area contributed by atoms with E-state index in [0.29, 0.717) is 30.7 Å². The molecular weight excluding hydrogens is 359 g/mol. The van der Waals surface area contributed by atoms with Crippen molar-refractivity contribution < 1.29 is 18.7 Å². The predicted octanol–water partition coefficient (Wildman–Crippen LogP) is 3.86. The van der Waals surface area contributed by atoms with Crippen LogP contribution >= 0.6 is 0 Å². The van der Waals surface area contributed by atoms with E-state index in [9.17, 15) is 14.0 Å². The molecule has 0 atom stereocenters. The Morgan fingerprint density at radius 3 is 2.61 bits per heavy atom. The molecule has 3 rings (SSSR count). The van der Waals surface area contributed by atoms with Crippen molar-refractivity contribution in [3.63, 3.8) is 0 Å². The van der Waals surface area contributed by atoms with Crippen molar-refractivity contribution in [3.05, 3.63) is 66.2 Å². The number of hydrogen-bond donors (Lipinski definition) is 1. The van der Waals surface area contributed by atoms with Gasteiger partial charge < -0.3 is 14.5 Å². The van der Waals surface area contributed by atoms with Crippen LogP contribution in [0.3, 0.4) is 0 Å². The van der Waals surface area contributed by atoms with Crippen LogP contribution in [0.15, 0.2) is 54.7 Å². The molecule has 0 aliphatic rings. The zero-order chi connectivity index (χ0) is 20.1. The molecule has 0 saturated heterocycles. The third kappa shape index (κ3) is 4.46. The van der Waals surface area contributed by atoms with Crippen molar-refractivity contribution in [2.45, 2.75) is 26.4 Å². The third-order valence-corrected chi connectivity index (χ3v) is 4.31. The standard InChI is InChI=1S/C22H23FN2O3/c1-15(2)28-13-5-11-24-22(27)21(26)20-19(16-7-9-17(23)10-8-16)14-18-6-3-4-12-25(18)20/h3-4,6-10,12,14-15H,5,11,13H2,1-2H3,(H,24,27). The topological polar surface area (TPSA) is 59.8 Å². The zero-order valence-corrected chi connectivity index (χ0v) is 15.9. The van der Waals surface area contributed by atoms with Gasteiger partial charge in [0.1, 0.15) is 11.5 Å². The summed E-state index contributed by atoms with van der Waals surface area (Å²) < 4.78 is 20.4. The fourth-order valence-corrected chi connectivity index (χ4v) is 2.99. The molecule has 146 valence electrons. The van der Waals surface area contributed by atoms with E-state index in [1.807, 2.05) is 32.0 Å². The lowest BCUT2D eigenvalue weighted by Crippen LogP contribution is -2.33. The van der Waals surface area contributed by atoms with Gasteiger partial charge in [-0.1, -0.05) is 18.2 Å². The number of fused-ring (bicyclic) bond motifs is 1. The minimum atomic E-state index is -0.670. The monoisotopic (exact) mass is 382 g/mol. The number of carbonyl (C=O) groups excluding carboxylic acids is 2. The second-order valence-electron chi connectivity index (χ2n) is 6.77. The summed E-state index contributed by atoms with van der Waals surface area (Å²) in [6.07, 6.45) is 2.48. The molecule has 2 heterocycles. The van der Waals surface area contributed by atoms with Crippen LogP contribution in [-0.4, -0.2) is 35.3 Å². The van der Waals surface area contributed by atoms with E-state index in [1.165, 1.54) is 12.1 Å². The molecule has 6 heteroatoms. The number of rotatable bonds is 8. The molecule has 0 aliphatic heterocycles. The van der Waals surface area contributed by atoms with Crippen LogP contribution in [0.2, 0.25) is 0 Å². The summed E-state index contributed by atoms with van der Waals surface area (Å²) in [5.41, 5.74) is 2.31. The van der Waals surface area contributed by atoms with Crippen LogP contribution in [0.25, 0.3) is 16.6 Å². The van der Waals surface area contributed by atoms with Crippen LogP contribution in [0, 0.1) is 5.82 Å². The second kappa shape index (κ2) is 8.80. The molecule has 5 nitrogen and oxygen atoms in total. The van der Waals surface area contributed by atoms with Crippen molar-refractivity contribution >= 4 is 17.2 Å². The fourth-order valence-electron chi connectivity index (χ4n) is 2.99. The molecule has 0 radical (unpaired) electrons. The van der Waals surface area contributed by atoms with Gasteiger partial charge in [0.25, 0.3) is 11.7 Å². The Kier molecular flexibility index (Phi) is 6.21. The highest BCUT2D eigenvalue weighted by molar-refractivity contribution is 6.43. The minimum absolute atomic E-state index is 0.127. The number of nitrogens with one attached hydrogen (secondary N) is 1. The highest BCUT2D eigenvalue weighted by atomic mass is 19.1. The van der Waals surface area contributed by atoms with Crippen molar-refractivity contribution in [3.8, 4) is 11.1 Å². The van der Waals surface area contributed by atoms with Crippen molar-refractivity contribution in [1.29, 1.82) is 0 Å². The van der Waals surface area contributed by atoms with Crippen LogP contribution < -0.4 is 5.32 Å². The van der Waals surface area contributed by atoms with E-state index in [0.717, 1.165) is 5.52 Å². The SMILES string of the molecule is CC(C)OCCCNC(=O)C(=O)c1c(-c2ccc(F)cc2)cc2ccccn12. The molecule has 0 bridgehead atoms. The summed E-state index contributed by atoms with van der Waals surface area (Å²) in [5.74, 6) is -1.66. The highest BCUT2D eigenvalue weighted by Crippen LogP contribution is 2.28. The first kappa shape index (κ1) is 19.8. The number of benzene rings is 1. The van der Waals surface area contributed by atoms with Gasteiger partial charge in [-0.15, -0.1) is 0 Å². The van der Waals surface area contributed by atoms with E-state index in [4.69, 9.17) is 4.74 Å². The molecule has 0 unspecified atom stereocenters. The number of aromatic nitrogens is 1. The van der Waals surface area contributed by atoms with E-state index in [-0.39, 0.29) is 17.6 Å². The Bertz CT molecular complexity index is 977. The first-order valence-electron chi connectivity index (χ1n) is 9.27. The van der Waals surface area contributed by atoms with E-state index in [2.05, 4.69) is 5.32 Å². The Hall–Kier alpha value is -2.99. The summed E-state index contributed by atoms with van der Waals surface area (Å²) in [6.45, 7) is 4.75. The number of amides is 1. The molecule has 1 N–H and O–H groups in total. The van der Waals surface area contributed by atoms with Crippen molar-refractivity contribution in [2.24, 2.45) is 0 Å². The molecule has 1 amide bonds. The number of ketones is 1. The van der Waals surface area contributed by atoms with Crippen molar-refractivity contribution in [2.75, 3.05) is 13.2 Å². The minimum Gasteiger partial charge on any atom is -0.379 e. The molecule has 0 fully saturated rings. The summed E-state index contributed by atoms with van der Waals surface area (Å²) in [6, 6.07) is 13.2. The lowest BCUT2D eigenvalue weighted by molar-refractivity contribution is -0.117. The maximum Gasteiger partial charge on any atom is 0.294 e. The molecule has 0 spiro atoms. The first-order valence-corrected chi connectivity index (χ1v) is 9.27. The molecule has 0 saturated carbocycles. The summed E-state index contributed by atoms with van der Waals surface area (Å²) >= 11 is 0. The number of halogens is 1. The Morgan fingerprint density at radius 1 is 1.14 bits per heavy atom. The molecule has 2 aromatic heterocycles. The lowest BCUT2D eigenvalue weighted by atomic mass is 10.0. The Balaban J connectivity index is 1.84. The predicted molar refractivity (Wildman–Crippen MR) is 106 cm³/mol. The molecule has 1 aromatic carbocycles. The quantitative estimate of drug-likeness (QED) is 0.366. The number of nitrogens with zero attached hydrogens (tertiary/aromatic N) is 1. The smallest absolute Gasteiger partial charge is 0.294 e. The molecule has 0 aliphatic carbocycles. The third-order valence-electron chi connectivity index (χ3n) is 4.31. The van der Waals surface area contributed by atoms with Gasteiger partial charge in [-0.25, -0.2) is 4.39 Å². The molecule has 28 heavy (non-hydrogen) atoms. The van der Waals surface area contributed by atoms with Crippen LogP contribution in [0.1, 0.15) is 30.8 Å². The first-order chi connectivity index (χ1) is 13.5. The van der Waals surface area contributed by atoms with Gasteiger partial charge in [0.05, 0.1) is 6.10 Å². The van der Waals surface area contributed by atoms with Gasteiger partial charge in [0.15, 0.2) is 0 Å². The van der Waals surface area contributed by atoms with Crippen LogP contribution in [0.4, 0.5) is 4.39 Å². The van der Waals surface area contributed by atoms with Gasteiger partial charge in [-0.3, -0.25) is 9.59 Å². The number of pyridine rings is 1. The Labute approximate surface area is 163 Å². The highest BCUT2D eigenvalue weighted by Gasteiger charge is 2.24. The van der Waals surface area contributed by atoms with Gasteiger partial charge in [-0.05, 0) is 56.2 Å². The summed E-state index contributed by atoms with van der Waals surface area (Å²) in [7, 11) is 0. The van der Waals surface area contributed by atoms with E-state index < -0.39 is 11.7 Å². The molecular formula is C22H23FN2O3. The number of Topliss-reactive ketones (excluding diaryl/α,β-unsaturated/α-hetero) is 1. The summed E-state index contributed by atoms with van der Waals surface area (Å²) in [5, 5.41) is 2.66. The van der Waals surface area contributed by atoms with E-state index >= 15 is 0 Å². The largest absolute Gasteiger partial charge is 0.379 e. The van der Waals surface area contributed by atoms with Gasteiger partial charge in [0, 0.05) is 30.4 Å². The summed E-state index contributed by atoms with van der Waals surface area (Å²) in [4.78, 5) is 25.4. The maximum atomic E-state index is 13.3. The van der Waals surface area contributed by atoms with Gasteiger partial charge >= 0.3 is 0 Å². The average Bonchev–Trinajstić information content (AvgIpc) is 3.06. The number of ether oxygens (including phenoxy) is 1. The zero-order valence-electron chi connectivity index (χ0n) is 15.9. The van der Waals surface area contributed by atoms with Gasteiger partial charge in [0.2, 0.25) is 0 Å². The van der Waals surface area contributed by atoms with Gasteiger partial charge in [-0.2, -0.15) is 0 Å². The second-order valence-corrected chi connectivity index (χ2v) is 6.77. The fraction of sp³-hybridized carbons (Fsp3) is 0.273.